The second-order valence-electron chi connectivity index (χ2n) is 6.17. The predicted molar refractivity (Wildman–Crippen MR) is 117 cm³/mol. The first-order valence-corrected chi connectivity index (χ1v) is 10.2. The normalized spacial score (nSPS) is 10.9. The molecule has 0 saturated heterocycles. The molecule has 0 aliphatic heterocycles. The summed E-state index contributed by atoms with van der Waals surface area (Å²) in [6.45, 7) is 0.249. The predicted octanol–water partition coefficient (Wildman–Crippen LogP) is 5.85. The summed E-state index contributed by atoms with van der Waals surface area (Å²) in [6.07, 6.45) is 1.69. The van der Waals surface area contributed by atoms with Crippen LogP contribution < -0.4 is 9.64 Å². The molecule has 5 nitrogen and oxygen atoms in total. The molecule has 2 heterocycles. The molecule has 2 aromatic carbocycles. The Labute approximate surface area is 181 Å². The van der Waals surface area contributed by atoms with Gasteiger partial charge in [0.05, 0.1) is 40.2 Å². The Hall–Kier alpha value is -2.67. The summed E-state index contributed by atoms with van der Waals surface area (Å²) in [5.41, 5.74) is 1.82. The first-order chi connectivity index (χ1) is 14.0. The molecule has 0 bridgehead atoms. The lowest BCUT2D eigenvalue weighted by atomic mass is 10.2. The van der Waals surface area contributed by atoms with E-state index in [2.05, 4.69) is 9.97 Å². The summed E-state index contributed by atoms with van der Waals surface area (Å²) >= 11 is 13.8. The van der Waals surface area contributed by atoms with E-state index >= 15 is 0 Å². The SMILES string of the molecule is COc1ccc2nc(N(Cc3ccccn3)C(=O)c3cc(Cl)ccc3Cl)sc2c1. The second kappa shape index (κ2) is 8.37. The summed E-state index contributed by atoms with van der Waals surface area (Å²) in [7, 11) is 1.61. The molecule has 0 saturated carbocycles. The third-order valence-corrected chi connectivity index (χ3v) is 5.87. The number of ether oxygens (including phenoxy) is 1. The molecule has 0 aliphatic rings. The maximum atomic E-state index is 13.4. The van der Waals surface area contributed by atoms with Gasteiger partial charge in [-0.1, -0.05) is 40.6 Å². The lowest BCUT2D eigenvalue weighted by molar-refractivity contribution is 0.0985. The third-order valence-electron chi connectivity index (χ3n) is 4.27. The van der Waals surface area contributed by atoms with Gasteiger partial charge in [-0.05, 0) is 48.5 Å². The number of rotatable bonds is 5. The summed E-state index contributed by atoms with van der Waals surface area (Å²) in [4.78, 5) is 24.0. The molecule has 8 heteroatoms. The Kier molecular flexibility index (Phi) is 5.67. The summed E-state index contributed by atoms with van der Waals surface area (Å²) < 4.78 is 6.20. The highest BCUT2D eigenvalue weighted by atomic mass is 35.5. The van der Waals surface area contributed by atoms with Crippen LogP contribution in [0.3, 0.4) is 0 Å². The van der Waals surface area contributed by atoms with Crippen molar-refractivity contribution in [3.63, 3.8) is 0 Å². The number of carbonyl (C=O) groups is 1. The number of carbonyl (C=O) groups excluding carboxylic acids is 1. The molecule has 4 rings (SSSR count). The summed E-state index contributed by atoms with van der Waals surface area (Å²) in [5.74, 6) is 0.433. The van der Waals surface area contributed by atoms with Crippen LogP contribution >= 0.6 is 34.5 Å². The molecule has 0 unspecified atom stereocenters. The Morgan fingerprint density at radius 1 is 1.14 bits per heavy atom. The van der Waals surface area contributed by atoms with Crippen LogP contribution in [-0.2, 0) is 6.54 Å². The number of pyridine rings is 1. The van der Waals surface area contributed by atoms with Gasteiger partial charge in [0.25, 0.3) is 5.91 Å². The zero-order valence-electron chi connectivity index (χ0n) is 15.3. The molecule has 0 radical (unpaired) electrons. The minimum absolute atomic E-state index is 0.249. The average molecular weight is 444 g/mol. The van der Waals surface area contributed by atoms with Crippen LogP contribution in [0.1, 0.15) is 16.1 Å². The fourth-order valence-corrected chi connectivity index (χ4v) is 4.18. The van der Waals surface area contributed by atoms with Crippen molar-refractivity contribution in [1.82, 2.24) is 9.97 Å². The first-order valence-electron chi connectivity index (χ1n) is 8.66. The number of benzene rings is 2. The molecule has 29 heavy (non-hydrogen) atoms. The van der Waals surface area contributed by atoms with E-state index in [4.69, 9.17) is 27.9 Å². The number of aromatic nitrogens is 2. The van der Waals surface area contributed by atoms with Gasteiger partial charge in [0.2, 0.25) is 0 Å². The number of halogens is 2. The number of thiazole rings is 1. The monoisotopic (exact) mass is 443 g/mol. The van der Waals surface area contributed by atoms with Crippen molar-refractivity contribution >= 4 is 55.8 Å². The molecule has 0 N–H and O–H groups in total. The van der Waals surface area contributed by atoms with E-state index in [0.29, 0.717) is 20.7 Å². The minimum atomic E-state index is -0.297. The smallest absolute Gasteiger partial charge is 0.262 e. The van der Waals surface area contributed by atoms with Crippen molar-refractivity contribution in [3.05, 3.63) is 82.1 Å². The van der Waals surface area contributed by atoms with Crippen molar-refractivity contribution in [2.75, 3.05) is 12.0 Å². The highest BCUT2D eigenvalue weighted by molar-refractivity contribution is 7.22. The molecule has 146 valence electrons. The lowest BCUT2D eigenvalue weighted by Crippen LogP contribution is -2.31. The summed E-state index contributed by atoms with van der Waals surface area (Å²) in [6, 6.07) is 16.0. The largest absolute Gasteiger partial charge is 0.497 e. The Morgan fingerprint density at radius 2 is 2.00 bits per heavy atom. The highest BCUT2D eigenvalue weighted by Gasteiger charge is 2.24. The quantitative estimate of drug-likeness (QED) is 0.387. The Bertz CT molecular complexity index is 1180. The summed E-state index contributed by atoms with van der Waals surface area (Å²) in [5, 5.41) is 1.30. The van der Waals surface area contributed by atoms with Crippen LogP contribution in [0.15, 0.2) is 60.8 Å². The Morgan fingerprint density at radius 3 is 2.76 bits per heavy atom. The van der Waals surface area contributed by atoms with Gasteiger partial charge in [0.1, 0.15) is 5.75 Å². The van der Waals surface area contributed by atoms with E-state index in [1.165, 1.54) is 11.3 Å². The van der Waals surface area contributed by atoms with Crippen molar-refractivity contribution in [3.8, 4) is 5.75 Å². The number of hydrogen-bond acceptors (Lipinski definition) is 5. The van der Waals surface area contributed by atoms with Crippen molar-refractivity contribution < 1.29 is 9.53 Å². The molecule has 1 amide bonds. The number of fused-ring (bicyclic) bond motifs is 1. The van der Waals surface area contributed by atoms with E-state index in [-0.39, 0.29) is 12.5 Å². The van der Waals surface area contributed by atoms with Gasteiger partial charge in [-0.3, -0.25) is 14.7 Å². The molecular formula is C21H15Cl2N3O2S. The van der Waals surface area contributed by atoms with Gasteiger partial charge < -0.3 is 4.74 Å². The zero-order valence-corrected chi connectivity index (χ0v) is 17.6. The molecular weight excluding hydrogens is 429 g/mol. The number of methoxy groups -OCH3 is 1. The van der Waals surface area contributed by atoms with Crippen molar-refractivity contribution in [2.45, 2.75) is 6.54 Å². The van der Waals surface area contributed by atoms with Crippen molar-refractivity contribution in [1.29, 1.82) is 0 Å². The minimum Gasteiger partial charge on any atom is -0.497 e. The van der Waals surface area contributed by atoms with E-state index in [1.54, 1.807) is 36.4 Å². The topological polar surface area (TPSA) is 55.3 Å². The molecule has 0 atom stereocenters. The van der Waals surface area contributed by atoms with Gasteiger partial charge in [-0.2, -0.15) is 0 Å². The second-order valence-corrected chi connectivity index (χ2v) is 8.02. The van der Waals surface area contributed by atoms with Gasteiger partial charge in [0.15, 0.2) is 5.13 Å². The van der Waals surface area contributed by atoms with Gasteiger partial charge in [0, 0.05) is 11.2 Å². The maximum absolute atomic E-state index is 13.4. The maximum Gasteiger partial charge on any atom is 0.262 e. The van der Waals surface area contributed by atoms with E-state index < -0.39 is 0 Å². The molecule has 0 aliphatic carbocycles. The zero-order chi connectivity index (χ0) is 20.4. The first kappa shape index (κ1) is 19.6. The molecule has 0 spiro atoms. The standard InChI is InChI=1S/C21H15Cl2N3O2S/c1-28-15-6-8-18-19(11-15)29-21(25-18)26(12-14-4-2-3-9-24-14)20(27)16-10-13(22)5-7-17(16)23/h2-11H,12H2,1H3. The number of nitrogens with zero attached hydrogens (tertiary/aromatic N) is 3. The van der Waals surface area contributed by atoms with Gasteiger partial charge in [-0.15, -0.1) is 0 Å². The Balaban J connectivity index is 1.79. The third kappa shape index (κ3) is 4.19. The van der Waals surface area contributed by atoms with Crippen molar-refractivity contribution in [2.24, 2.45) is 0 Å². The fourth-order valence-electron chi connectivity index (χ4n) is 2.82. The van der Waals surface area contributed by atoms with Crippen LogP contribution in [0.4, 0.5) is 5.13 Å². The lowest BCUT2D eigenvalue weighted by Gasteiger charge is -2.20. The highest BCUT2D eigenvalue weighted by Crippen LogP contribution is 2.34. The molecule has 4 aromatic rings. The van der Waals surface area contributed by atoms with E-state index in [9.17, 15) is 4.79 Å². The van der Waals surface area contributed by atoms with Crippen LogP contribution in [0.2, 0.25) is 10.0 Å². The molecule has 0 fully saturated rings. The number of anilines is 1. The van der Waals surface area contributed by atoms with Gasteiger partial charge >= 0.3 is 0 Å². The number of hydrogen-bond donors (Lipinski definition) is 0. The van der Waals surface area contributed by atoms with E-state index in [0.717, 1.165) is 21.7 Å². The van der Waals surface area contributed by atoms with Crippen LogP contribution in [0.5, 0.6) is 5.75 Å². The van der Waals surface area contributed by atoms with Gasteiger partial charge in [-0.25, -0.2) is 4.98 Å². The fraction of sp³-hybridized carbons (Fsp3) is 0.0952. The number of amides is 1. The van der Waals surface area contributed by atoms with E-state index in [1.807, 2.05) is 36.4 Å². The van der Waals surface area contributed by atoms with Crippen LogP contribution in [0, 0.1) is 0 Å². The average Bonchev–Trinajstić information content (AvgIpc) is 3.16. The van der Waals surface area contributed by atoms with Crippen LogP contribution in [0.25, 0.3) is 10.2 Å². The van der Waals surface area contributed by atoms with Crippen LogP contribution in [-0.4, -0.2) is 23.0 Å². The molecule has 2 aromatic heterocycles.